The Kier molecular flexibility index (Phi) is 5.94. The molecule has 2 atom stereocenters. The average molecular weight is 240 g/mol. The van der Waals surface area contributed by atoms with Gasteiger partial charge in [0.1, 0.15) is 0 Å². The van der Waals surface area contributed by atoms with E-state index >= 15 is 0 Å². The first-order valence-corrected chi connectivity index (χ1v) is 7.62. The fraction of sp³-hybridized carbons (Fsp3) is 1.00. The predicted octanol–water partition coefficient (Wildman–Crippen LogP) is 3.40. The lowest BCUT2D eigenvalue weighted by Crippen LogP contribution is -2.47. The van der Waals surface area contributed by atoms with Gasteiger partial charge in [0.25, 0.3) is 0 Å². The third-order valence-electron chi connectivity index (χ3n) is 4.97. The van der Waals surface area contributed by atoms with Crippen LogP contribution < -0.4 is 5.73 Å². The van der Waals surface area contributed by atoms with Crippen molar-refractivity contribution < 1.29 is 0 Å². The van der Waals surface area contributed by atoms with Crippen molar-refractivity contribution in [1.82, 2.24) is 4.90 Å². The van der Waals surface area contributed by atoms with Gasteiger partial charge < -0.3 is 5.73 Å². The number of nitrogens with two attached hydrogens (primary N) is 1. The highest BCUT2D eigenvalue weighted by Crippen LogP contribution is 2.38. The van der Waals surface area contributed by atoms with Gasteiger partial charge in [-0.25, -0.2) is 0 Å². The number of rotatable bonds is 7. The number of nitrogens with zero attached hydrogens (tertiary/aromatic N) is 1. The van der Waals surface area contributed by atoms with Crippen LogP contribution in [0.4, 0.5) is 0 Å². The van der Waals surface area contributed by atoms with Crippen molar-refractivity contribution in [3.63, 3.8) is 0 Å². The summed E-state index contributed by atoms with van der Waals surface area (Å²) in [5.74, 6) is 0. The normalized spacial score (nSPS) is 23.8. The van der Waals surface area contributed by atoms with Crippen LogP contribution in [0.5, 0.6) is 0 Å². The second-order valence-electron chi connectivity index (χ2n) is 5.86. The summed E-state index contributed by atoms with van der Waals surface area (Å²) >= 11 is 0. The van der Waals surface area contributed by atoms with Crippen LogP contribution in [0.3, 0.4) is 0 Å². The van der Waals surface area contributed by atoms with Crippen molar-refractivity contribution >= 4 is 0 Å². The van der Waals surface area contributed by atoms with Gasteiger partial charge >= 0.3 is 0 Å². The molecule has 0 aliphatic carbocycles. The molecule has 2 heteroatoms. The number of likely N-dealkylation sites (tertiary alicyclic amines) is 1. The maximum atomic E-state index is 6.35. The molecule has 1 fully saturated rings. The van der Waals surface area contributed by atoms with Crippen LogP contribution in [0.15, 0.2) is 0 Å². The molecular weight excluding hydrogens is 208 g/mol. The topological polar surface area (TPSA) is 29.3 Å². The molecule has 0 bridgehead atoms. The molecule has 0 amide bonds. The zero-order valence-electron chi connectivity index (χ0n) is 12.3. The van der Waals surface area contributed by atoms with E-state index in [1.807, 2.05) is 0 Å². The summed E-state index contributed by atoms with van der Waals surface area (Å²) in [6, 6.07) is 0.976. The first-order chi connectivity index (χ1) is 8.12. The van der Waals surface area contributed by atoms with Crippen LogP contribution in [-0.4, -0.2) is 30.1 Å². The number of hydrogen-bond acceptors (Lipinski definition) is 2. The minimum atomic E-state index is 0.370. The third kappa shape index (κ3) is 3.45. The third-order valence-corrected chi connectivity index (χ3v) is 4.97. The van der Waals surface area contributed by atoms with Crippen LogP contribution >= 0.6 is 0 Å². The van der Waals surface area contributed by atoms with Gasteiger partial charge in [-0.2, -0.15) is 0 Å². The summed E-state index contributed by atoms with van der Waals surface area (Å²) in [5, 5.41) is 0. The van der Waals surface area contributed by atoms with Gasteiger partial charge in [-0.3, -0.25) is 4.90 Å². The van der Waals surface area contributed by atoms with E-state index in [2.05, 4.69) is 32.6 Å². The van der Waals surface area contributed by atoms with E-state index in [9.17, 15) is 0 Å². The van der Waals surface area contributed by atoms with Gasteiger partial charge in [0.05, 0.1) is 0 Å². The van der Waals surface area contributed by atoms with Crippen LogP contribution in [0.25, 0.3) is 0 Å². The van der Waals surface area contributed by atoms with Gasteiger partial charge in [-0.15, -0.1) is 0 Å². The van der Waals surface area contributed by atoms with Crippen molar-refractivity contribution in [2.75, 3.05) is 13.1 Å². The van der Waals surface area contributed by atoms with E-state index in [-0.39, 0.29) is 0 Å². The van der Waals surface area contributed by atoms with E-state index in [0.29, 0.717) is 17.5 Å². The predicted molar refractivity (Wildman–Crippen MR) is 76.2 cm³/mol. The molecule has 17 heavy (non-hydrogen) atoms. The Morgan fingerprint density at radius 3 is 2.24 bits per heavy atom. The van der Waals surface area contributed by atoms with E-state index in [1.54, 1.807) is 0 Å². The second kappa shape index (κ2) is 6.75. The van der Waals surface area contributed by atoms with Crippen LogP contribution in [0.1, 0.15) is 66.2 Å². The molecule has 2 unspecified atom stereocenters. The van der Waals surface area contributed by atoms with Crippen molar-refractivity contribution in [2.24, 2.45) is 11.1 Å². The van der Waals surface area contributed by atoms with Gasteiger partial charge in [0, 0.05) is 18.6 Å². The smallest absolute Gasteiger partial charge is 0.0244 e. The highest BCUT2D eigenvalue weighted by atomic mass is 15.2. The van der Waals surface area contributed by atoms with Crippen molar-refractivity contribution in [3.8, 4) is 0 Å². The van der Waals surface area contributed by atoms with Crippen molar-refractivity contribution in [1.29, 1.82) is 0 Å². The molecule has 102 valence electrons. The summed E-state index contributed by atoms with van der Waals surface area (Å²) in [5.41, 5.74) is 6.93. The van der Waals surface area contributed by atoms with Crippen LogP contribution in [-0.2, 0) is 0 Å². The van der Waals surface area contributed by atoms with E-state index in [0.717, 1.165) is 0 Å². The molecule has 1 saturated heterocycles. The zero-order chi connectivity index (χ0) is 12.9. The van der Waals surface area contributed by atoms with Gasteiger partial charge in [-0.05, 0) is 44.1 Å². The molecule has 1 aliphatic heterocycles. The Morgan fingerprint density at radius 1 is 1.18 bits per heavy atom. The Labute approximate surface area is 108 Å². The standard InChI is InChI=1S/C15H32N2/c1-5-9-13(16)14(6-2)17-11-10-15(7-3,8-4)12-17/h13-14H,5-12,16H2,1-4H3. The maximum Gasteiger partial charge on any atom is 0.0244 e. The minimum Gasteiger partial charge on any atom is -0.326 e. The maximum absolute atomic E-state index is 6.35. The first-order valence-electron chi connectivity index (χ1n) is 7.62. The number of hydrogen-bond donors (Lipinski definition) is 1. The molecule has 0 aromatic carbocycles. The van der Waals surface area contributed by atoms with E-state index in [1.165, 1.54) is 51.6 Å². The van der Waals surface area contributed by atoms with Crippen molar-refractivity contribution in [2.45, 2.75) is 78.3 Å². The molecule has 1 rings (SSSR count). The lowest BCUT2D eigenvalue weighted by Gasteiger charge is -2.34. The minimum absolute atomic E-state index is 0.370. The second-order valence-corrected chi connectivity index (χ2v) is 5.86. The zero-order valence-corrected chi connectivity index (χ0v) is 12.3. The molecule has 1 aliphatic rings. The molecule has 1 heterocycles. The Hall–Kier alpha value is -0.0800. The highest BCUT2D eigenvalue weighted by Gasteiger charge is 2.38. The monoisotopic (exact) mass is 240 g/mol. The molecule has 0 saturated carbocycles. The summed E-state index contributed by atoms with van der Waals surface area (Å²) in [6.07, 6.45) is 7.58. The molecule has 0 aromatic heterocycles. The fourth-order valence-corrected chi connectivity index (χ4v) is 3.44. The van der Waals surface area contributed by atoms with Gasteiger partial charge in [0.2, 0.25) is 0 Å². The van der Waals surface area contributed by atoms with E-state index in [4.69, 9.17) is 5.73 Å². The molecule has 0 spiro atoms. The summed E-state index contributed by atoms with van der Waals surface area (Å²) in [6.45, 7) is 11.8. The molecule has 0 radical (unpaired) electrons. The molecule has 2 nitrogen and oxygen atoms in total. The Bertz CT molecular complexity index is 211. The van der Waals surface area contributed by atoms with Crippen LogP contribution in [0.2, 0.25) is 0 Å². The lowest BCUT2D eigenvalue weighted by molar-refractivity contribution is 0.165. The first kappa shape index (κ1) is 15.0. The molecule has 0 aromatic rings. The van der Waals surface area contributed by atoms with Crippen molar-refractivity contribution in [3.05, 3.63) is 0 Å². The molecule has 2 N–H and O–H groups in total. The quantitative estimate of drug-likeness (QED) is 0.739. The van der Waals surface area contributed by atoms with Crippen LogP contribution in [0, 0.1) is 5.41 Å². The van der Waals surface area contributed by atoms with Gasteiger partial charge in [-0.1, -0.05) is 34.1 Å². The SMILES string of the molecule is CCCC(N)C(CC)N1CCC(CC)(CC)C1. The summed E-state index contributed by atoms with van der Waals surface area (Å²) in [7, 11) is 0. The largest absolute Gasteiger partial charge is 0.326 e. The Morgan fingerprint density at radius 2 is 1.82 bits per heavy atom. The lowest BCUT2D eigenvalue weighted by atomic mass is 9.82. The Balaban J connectivity index is 2.60. The summed E-state index contributed by atoms with van der Waals surface area (Å²) in [4.78, 5) is 2.67. The highest BCUT2D eigenvalue weighted by molar-refractivity contribution is 4.93. The summed E-state index contributed by atoms with van der Waals surface area (Å²) < 4.78 is 0. The fourth-order valence-electron chi connectivity index (χ4n) is 3.44. The van der Waals surface area contributed by atoms with E-state index < -0.39 is 0 Å². The van der Waals surface area contributed by atoms with Gasteiger partial charge in [0.15, 0.2) is 0 Å². The molecular formula is C15H32N2. The average Bonchev–Trinajstić information content (AvgIpc) is 2.75.